The number of hydrogen-bond donors (Lipinski definition) is 1. The zero-order valence-electron chi connectivity index (χ0n) is 13.1. The van der Waals surface area contributed by atoms with Crippen LogP contribution in [0.15, 0.2) is 65.1 Å². The molecular weight excluding hydrogens is 298 g/mol. The van der Waals surface area contributed by atoms with Gasteiger partial charge in [-0.15, -0.1) is 0 Å². The van der Waals surface area contributed by atoms with Crippen LogP contribution in [0.4, 0.5) is 5.88 Å². The van der Waals surface area contributed by atoms with Gasteiger partial charge in [-0.3, -0.25) is 0 Å². The van der Waals surface area contributed by atoms with E-state index >= 15 is 0 Å². The average Bonchev–Trinajstić information content (AvgIpc) is 3.04. The molecule has 1 aromatic heterocycles. The molecule has 0 bridgehead atoms. The highest BCUT2D eigenvalue weighted by atomic mass is 16.4. The van der Waals surface area contributed by atoms with E-state index in [1.165, 1.54) is 5.56 Å². The minimum absolute atomic E-state index is 0.274. The summed E-state index contributed by atoms with van der Waals surface area (Å²) in [4.78, 5) is 4.19. The Labute approximate surface area is 141 Å². The Hall–Kier alpha value is -3.32. The monoisotopic (exact) mass is 315 g/mol. The molecule has 0 aliphatic rings. The van der Waals surface area contributed by atoms with Gasteiger partial charge in [0, 0.05) is 12.6 Å². The summed E-state index contributed by atoms with van der Waals surface area (Å²) in [6.45, 7) is 0.676. The number of anilines is 1. The van der Waals surface area contributed by atoms with Gasteiger partial charge in [-0.05, 0) is 23.6 Å². The van der Waals surface area contributed by atoms with Gasteiger partial charge in [0.1, 0.15) is 6.07 Å². The van der Waals surface area contributed by atoms with Crippen molar-refractivity contribution in [2.75, 3.05) is 11.9 Å². The zero-order valence-corrected chi connectivity index (χ0v) is 13.1. The molecule has 3 aromatic rings. The molecule has 0 saturated heterocycles. The van der Waals surface area contributed by atoms with Crippen LogP contribution >= 0.6 is 0 Å². The SMILES string of the molecule is N#Cc1nc(C=Cc2ccccc2)oc1NCCc1ccccc1. The molecule has 0 saturated carbocycles. The minimum atomic E-state index is 0.274. The van der Waals surface area contributed by atoms with Gasteiger partial charge in [-0.2, -0.15) is 10.2 Å². The fourth-order valence-corrected chi connectivity index (χ4v) is 2.30. The van der Waals surface area contributed by atoms with Gasteiger partial charge in [-0.1, -0.05) is 60.7 Å². The second-order valence-electron chi connectivity index (χ2n) is 5.25. The van der Waals surface area contributed by atoms with Crippen molar-refractivity contribution in [1.82, 2.24) is 4.98 Å². The van der Waals surface area contributed by atoms with Crippen LogP contribution in [0.5, 0.6) is 0 Å². The summed E-state index contributed by atoms with van der Waals surface area (Å²) in [7, 11) is 0. The molecule has 0 aliphatic heterocycles. The molecule has 0 unspecified atom stereocenters. The third-order valence-electron chi connectivity index (χ3n) is 3.51. The summed E-state index contributed by atoms with van der Waals surface area (Å²) >= 11 is 0. The Bertz CT molecular complexity index is 846. The van der Waals surface area contributed by atoms with Crippen molar-refractivity contribution < 1.29 is 4.42 Å². The Morgan fingerprint density at radius 1 is 1.00 bits per heavy atom. The van der Waals surface area contributed by atoms with E-state index in [0.717, 1.165) is 12.0 Å². The van der Waals surface area contributed by atoms with Crippen LogP contribution in [-0.4, -0.2) is 11.5 Å². The number of aromatic nitrogens is 1. The first kappa shape index (κ1) is 15.6. The van der Waals surface area contributed by atoms with Crippen molar-refractivity contribution in [1.29, 1.82) is 5.26 Å². The molecule has 3 rings (SSSR count). The largest absolute Gasteiger partial charge is 0.420 e. The van der Waals surface area contributed by atoms with Crippen LogP contribution in [-0.2, 0) is 6.42 Å². The number of benzene rings is 2. The van der Waals surface area contributed by atoms with E-state index in [9.17, 15) is 5.26 Å². The van der Waals surface area contributed by atoms with Crippen LogP contribution in [0.1, 0.15) is 22.7 Å². The normalized spacial score (nSPS) is 10.6. The van der Waals surface area contributed by atoms with Gasteiger partial charge in [0.05, 0.1) is 0 Å². The lowest BCUT2D eigenvalue weighted by atomic mass is 10.1. The first-order valence-electron chi connectivity index (χ1n) is 7.77. The number of rotatable bonds is 6. The van der Waals surface area contributed by atoms with Crippen LogP contribution in [0.25, 0.3) is 12.2 Å². The van der Waals surface area contributed by atoms with Crippen molar-refractivity contribution in [3.05, 3.63) is 83.4 Å². The Morgan fingerprint density at radius 3 is 2.42 bits per heavy atom. The highest BCUT2D eigenvalue weighted by Crippen LogP contribution is 2.18. The van der Waals surface area contributed by atoms with Crippen LogP contribution in [0.2, 0.25) is 0 Å². The molecular formula is C20H17N3O. The van der Waals surface area contributed by atoms with Crippen molar-refractivity contribution in [3.8, 4) is 6.07 Å². The Morgan fingerprint density at radius 2 is 1.71 bits per heavy atom. The van der Waals surface area contributed by atoms with E-state index in [1.54, 1.807) is 6.08 Å². The van der Waals surface area contributed by atoms with Crippen LogP contribution < -0.4 is 5.32 Å². The Balaban J connectivity index is 1.65. The quantitative estimate of drug-likeness (QED) is 0.733. The molecule has 0 fully saturated rings. The number of nitriles is 1. The van der Waals surface area contributed by atoms with Gasteiger partial charge < -0.3 is 9.73 Å². The minimum Gasteiger partial charge on any atom is -0.420 e. The Kier molecular flexibility index (Phi) is 5.06. The fraction of sp³-hybridized carbons (Fsp3) is 0.100. The number of nitrogens with one attached hydrogen (secondary N) is 1. The van der Waals surface area contributed by atoms with Crippen LogP contribution in [0.3, 0.4) is 0 Å². The van der Waals surface area contributed by atoms with Crippen LogP contribution in [0, 0.1) is 11.3 Å². The molecule has 4 heteroatoms. The van der Waals surface area contributed by atoms with E-state index < -0.39 is 0 Å². The maximum absolute atomic E-state index is 9.20. The lowest BCUT2D eigenvalue weighted by Gasteiger charge is -2.02. The molecule has 0 radical (unpaired) electrons. The highest BCUT2D eigenvalue weighted by molar-refractivity contribution is 5.67. The molecule has 118 valence electrons. The van der Waals surface area contributed by atoms with E-state index in [-0.39, 0.29) is 5.69 Å². The van der Waals surface area contributed by atoms with Crippen molar-refractivity contribution in [3.63, 3.8) is 0 Å². The van der Waals surface area contributed by atoms with E-state index in [1.807, 2.05) is 54.6 Å². The average molecular weight is 315 g/mol. The molecule has 0 aliphatic carbocycles. The number of hydrogen-bond acceptors (Lipinski definition) is 4. The van der Waals surface area contributed by atoms with Crippen molar-refractivity contribution in [2.45, 2.75) is 6.42 Å². The van der Waals surface area contributed by atoms with Crippen molar-refractivity contribution in [2.24, 2.45) is 0 Å². The van der Waals surface area contributed by atoms with Gasteiger partial charge in [-0.25, -0.2) is 0 Å². The maximum atomic E-state index is 9.20. The summed E-state index contributed by atoms with van der Waals surface area (Å²) in [6, 6.07) is 22.1. The predicted octanol–water partition coefficient (Wildman–Crippen LogP) is 4.37. The van der Waals surface area contributed by atoms with E-state index in [4.69, 9.17) is 4.42 Å². The first-order valence-corrected chi connectivity index (χ1v) is 7.77. The summed E-state index contributed by atoms with van der Waals surface area (Å²) in [6.07, 6.45) is 4.51. The molecule has 24 heavy (non-hydrogen) atoms. The maximum Gasteiger partial charge on any atom is 0.232 e. The fourth-order valence-electron chi connectivity index (χ4n) is 2.30. The van der Waals surface area contributed by atoms with Gasteiger partial charge in [0.15, 0.2) is 0 Å². The lowest BCUT2D eigenvalue weighted by Crippen LogP contribution is -2.05. The zero-order chi connectivity index (χ0) is 16.6. The smallest absolute Gasteiger partial charge is 0.232 e. The molecule has 0 amide bonds. The molecule has 1 heterocycles. The topological polar surface area (TPSA) is 61.9 Å². The molecule has 1 N–H and O–H groups in total. The second kappa shape index (κ2) is 7.80. The summed E-state index contributed by atoms with van der Waals surface area (Å²) < 4.78 is 5.63. The summed E-state index contributed by atoms with van der Waals surface area (Å²) in [5.41, 5.74) is 2.55. The van der Waals surface area contributed by atoms with Crippen molar-refractivity contribution >= 4 is 18.0 Å². The van der Waals surface area contributed by atoms with Gasteiger partial charge in [0.2, 0.25) is 17.5 Å². The van der Waals surface area contributed by atoms with E-state index in [0.29, 0.717) is 18.3 Å². The van der Waals surface area contributed by atoms with E-state index in [2.05, 4.69) is 28.5 Å². The third kappa shape index (κ3) is 4.11. The predicted molar refractivity (Wildman–Crippen MR) is 95.2 cm³/mol. The molecule has 4 nitrogen and oxygen atoms in total. The summed E-state index contributed by atoms with van der Waals surface area (Å²) in [5, 5.41) is 12.3. The molecule has 0 atom stereocenters. The summed E-state index contributed by atoms with van der Waals surface area (Å²) in [5.74, 6) is 0.832. The van der Waals surface area contributed by atoms with Gasteiger partial charge in [0.25, 0.3) is 0 Å². The first-order chi connectivity index (χ1) is 11.8. The highest BCUT2D eigenvalue weighted by Gasteiger charge is 2.10. The molecule has 2 aromatic carbocycles. The van der Waals surface area contributed by atoms with Gasteiger partial charge >= 0.3 is 0 Å². The number of nitrogens with zero attached hydrogens (tertiary/aromatic N) is 2. The third-order valence-corrected chi connectivity index (χ3v) is 3.51. The lowest BCUT2D eigenvalue weighted by molar-refractivity contribution is 0.558. The standard InChI is InChI=1S/C20H17N3O/c21-15-18-20(22-14-13-17-9-5-2-6-10-17)24-19(23-18)12-11-16-7-3-1-4-8-16/h1-12,22H,13-14H2. The second-order valence-corrected chi connectivity index (χ2v) is 5.25. The number of oxazole rings is 1. The molecule has 0 spiro atoms.